The van der Waals surface area contributed by atoms with E-state index in [9.17, 15) is 0 Å². The third-order valence-electron chi connectivity index (χ3n) is 3.04. The predicted octanol–water partition coefficient (Wildman–Crippen LogP) is 2.17. The number of nitrogens with zero attached hydrogens (tertiary/aromatic N) is 2. The molecule has 0 spiro atoms. The van der Waals surface area contributed by atoms with Crippen molar-refractivity contribution in [3.05, 3.63) is 30.1 Å². The fourth-order valence-corrected chi connectivity index (χ4v) is 1.97. The van der Waals surface area contributed by atoms with Crippen molar-refractivity contribution < 1.29 is 0 Å². The SMILES string of the molecule is CCc1nc2ccccc2n1CC(C)C(=N)N. The standard InChI is InChI=1S/C13H18N4/c1-3-12-16-10-6-4-5-7-11(10)17(12)8-9(2)13(14)15/h4-7,9H,3,8H2,1-2H3,(H3,14,15). The van der Waals surface area contributed by atoms with Crippen molar-refractivity contribution in [2.24, 2.45) is 11.7 Å². The van der Waals surface area contributed by atoms with E-state index in [1.54, 1.807) is 0 Å². The Balaban J connectivity index is 2.46. The molecule has 0 saturated heterocycles. The van der Waals surface area contributed by atoms with Crippen LogP contribution < -0.4 is 5.73 Å². The van der Waals surface area contributed by atoms with E-state index in [2.05, 4.69) is 22.5 Å². The second-order valence-corrected chi connectivity index (χ2v) is 4.34. The highest BCUT2D eigenvalue weighted by atomic mass is 15.1. The van der Waals surface area contributed by atoms with Crippen LogP contribution in [0.1, 0.15) is 19.7 Å². The molecule has 90 valence electrons. The summed E-state index contributed by atoms with van der Waals surface area (Å²) in [4.78, 5) is 4.60. The Morgan fingerprint density at radius 3 is 2.82 bits per heavy atom. The normalized spacial score (nSPS) is 12.8. The molecule has 4 heteroatoms. The summed E-state index contributed by atoms with van der Waals surface area (Å²) < 4.78 is 2.17. The summed E-state index contributed by atoms with van der Waals surface area (Å²) in [5.74, 6) is 1.32. The van der Waals surface area contributed by atoms with Gasteiger partial charge < -0.3 is 10.3 Å². The molecule has 0 amide bonds. The van der Waals surface area contributed by atoms with Crippen molar-refractivity contribution in [3.63, 3.8) is 0 Å². The average Bonchev–Trinajstić information content (AvgIpc) is 2.67. The van der Waals surface area contributed by atoms with Crippen molar-refractivity contribution >= 4 is 16.9 Å². The van der Waals surface area contributed by atoms with Gasteiger partial charge in [0.25, 0.3) is 0 Å². The van der Waals surface area contributed by atoms with Crippen LogP contribution in [0.2, 0.25) is 0 Å². The highest BCUT2D eigenvalue weighted by Gasteiger charge is 2.13. The first-order valence-corrected chi connectivity index (χ1v) is 5.91. The first-order chi connectivity index (χ1) is 8.13. The third-order valence-corrected chi connectivity index (χ3v) is 3.04. The first-order valence-electron chi connectivity index (χ1n) is 5.91. The summed E-state index contributed by atoms with van der Waals surface area (Å²) in [6.07, 6.45) is 0.888. The molecule has 1 heterocycles. The maximum Gasteiger partial charge on any atom is 0.109 e. The van der Waals surface area contributed by atoms with Gasteiger partial charge in [0.15, 0.2) is 0 Å². The van der Waals surface area contributed by atoms with E-state index < -0.39 is 0 Å². The molecular weight excluding hydrogens is 212 g/mol. The number of fused-ring (bicyclic) bond motifs is 1. The van der Waals surface area contributed by atoms with Gasteiger partial charge in [-0.1, -0.05) is 26.0 Å². The highest BCUT2D eigenvalue weighted by Crippen LogP contribution is 2.18. The smallest absolute Gasteiger partial charge is 0.109 e. The van der Waals surface area contributed by atoms with E-state index in [1.165, 1.54) is 0 Å². The molecule has 4 nitrogen and oxygen atoms in total. The summed E-state index contributed by atoms with van der Waals surface area (Å²) in [5, 5.41) is 7.48. The van der Waals surface area contributed by atoms with Crippen LogP contribution in [-0.2, 0) is 13.0 Å². The van der Waals surface area contributed by atoms with Crippen LogP contribution in [-0.4, -0.2) is 15.4 Å². The van der Waals surface area contributed by atoms with Gasteiger partial charge in [-0.15, -0.1) is 0 Å². The first kappa shape index (κ1) is 11.6. The molecule has 1 aromatic heterocycles. The number of imidazole rings is 1. The number of hydrogen-bond acceptors (Lipinski definition) is 2. The van der Waals surface area contributed by atoms with Crippen molar-refractivity contribution in [1.29, 1.82) is 5.41 Å². The van der Waals surface area contributed by atoms with E-state index in [-0.39, 0.29) is 11.8 Å². The van der Waals surface area contributed by atoms with Crippen LogP contribution >= 0.6 is 0 Å². The Hall–Kier alpha value is -1.84. The van der Waals surface area contributed by atoms with E-state index in [4.69, 9.17) is 11.1 Å². The average molecular weight is 230 g/mol. The molecule has 0 radical (unpaired) electrons. The molecule has 17 heavy (non-hydrogen) atoms. The highest BCUT2D eigenvalue weighted by molar-refractivity contribution is 5.80. The number of aromatic nitrogens is 2. The zero-order valence-corrected chi connectivity index (χ0v) is 10.3. The molecule has 0 aliphatic heterocycles. The van der Waals surface area contributed by atoms with Crippen LogP contribution in [0, 0.1) is 11.3 Å². The number of benzene rings is 1. The minimum atomic E-state index is 0.0397. The molecule has 1 aromatic carbocycles. The number of hydrogen-bond donors (Lipinski definition) is 2. The minimum absolute atomic E-state index is 0.0397. The van der Waals surface area contributed by atoms with Gasteiger partial charge in [0.2, 0.25) is 0 Å². The largest absolute Gasteiger partial charge is 0.387 e. The molecule has 0 saturated carbocycles. The molecule has 3 N–H and O–H groups in total. The van der Waals surface area contributed by atoms with E-state index in [1.807, 2.05) is 25.1 Å². The lowest BCUT2D eigenvalue weighted by Gasteiger charge is -2.13. The van der Waals surface area contributed by atoms with E-state index >= 15 is 0 Å². The topological polar surface area (TPSA) is 67.7 Å². The molecule has 0 aliphatic carbocycles. The fourth-order valence-electron chi connectivity index (χ4n) is 1.97. The van der Waals surface area contributed by atoms with E-state index in [0.29, 0.717) is 0 Å². The Morgan fingerprint density at radius 2 is 2.18 bits per heavy atom. The van der Waals surface area contributed by atoms with E-state index in [0.717, 1.165) is 29.8 Å². The molecule has 2 rings (SSSR count). The van der Waals surface area contributed by atoms with Gasteiger partial charge in [-0.25, -0.2) is 4.98 Å². The summed E-state index contributed by atoms with van der Waals surface area (Å²) in [6, 6.07) is 8.09. The number of nitrogens with two attached hydrogens (primary N) is 1. The number of rotatable bonds is 4. The molecule has 2 aromatic rings. The second-order valence-electron chi connectivity index (χ2n) is 4.34. The maximum atomic E-state index is 7.48. The molecule has 1 atom stereocenters. The van der Waals surface area contributed by atoms with Gasteiger partial charge in [-0.2, -0.15) is 0 Å². The Morgan fingerprint density at radius 1 is 1.47 bits per heavy atom. The second kappa shape index (κ2) is 4.57. The van der Waals surface area contributed by atoms with Gasteiger partial charge in [0.1, 0.15) is 5.82 Å². The van der Waals surface area contributed by atoms with Crippen LogP contribution in [0.4, 0.5) is 0 Å². The minimum Gasteiger partial charge on any atom is -0.387 e. The monoisotopic (exact) mass is 230 g/mol. The number of aryl methyl sites for hydroxylation is 1. The molecular formula is C13H18N4. The van der Waals surface area contributed by atoms with Crippen molar-refractivity contribution in [3.8, 4) is 0 Å². The Kier molecular flexibility index (Phi) is 3.13. The number of amidine groups is 1. The van der Waals surface area contributed by atoms with Crippen LogP contribution in [0.15, 0.2) is 24.3 Å². The Bertz CT molecular complexity index is 541. The number of para-hydroxylation sites is 2. The van der Waals surface area contributed by atoms with Crippen molar-refractivity contribution in [2.45, 2.75) is 26.8 Å². The van der Waals surface area contributed by atoms with Gasteiger partial charge in [-0.05, 0) is 12.1 Å². The lowest BCUT2D eigenvalue weighted by Crippen LogP contribution is -2.24. The molecule has 0 aliphatic rings. The number of nitrogens with one attached hydrogen (secondary N) is 1. The third kappa shape index (κ3) is 2.16. The summed E-state index contributed by atoms with van der Waals surface area (Å²) in [5.41, 5.74) is 7.67. The lowest BCUT2D eigenvalue weighted by molar-refractivity contribution is 0.582. The molecule has 1 unspecified atom stereocenters. The summed E-state index contributed by atoms with van der Waals surface area (Å²) >= 11 is 0. The predicted molar refractivity (Wildman–Crippen MR) is 70.2 cm³/mol. The quantitative estimate of drug-likeness (QED) is 0.624. The van der Waals surface area contributed by atoms with Crippen molar-refractivity contribution in [1.82, 2.24) is 9.55 Å². The molecule has 0 fully saturated rings. The maximum absolute atomic E-state index is 7.48. The zero-order valence-electron chi connectivity index (χ0n) is 10.3. The van der Waals surface area contributed by atoms with Crippen molar-refractivity contribution in [2.75, 3.05) is 0 Å². The molecule has 0 bridgehead atoms. The summed E-state index contributed by atoms with van der Waals surface area (Å²) in [7, 11) is 0. The fraction of sp³-hybridized carbons (Fsp3) is 0.385. The van der Waals surface area contributed by atoms with Gasteiger partial charge in [0, 0.05) is 18.9 Å². The Labute approximate surface area is 101 Å². The van der Waals surface area contributed by atoms with Gasteiger partial charge in [-0.3, -0.25) is 5.41 Å². The van der Waals surface area contributed by atoms with Gasteiger partial charge in [0.05, 0.1) is 16.9 Å². The summed E-state index contributed by atoms with van der Waals surface area (Å²) in [6.45, 7) is 4.78. The zero-order chi connectivity index (χ0) is 12.4. The van der Waals surface area contributed by atoms with Crippen LogP contribution in [0.5, 0.6) is 0 Å². The lowest BCUT2D eigenvalue weighted by atomic mass is 10.1. The van der Waals surface area contributed by atoms with Crippen LogP contribution in [0.25, 0.3) is 11.0 Å². The van der Waals surface area contributed by atoms with Gasteiger partial charge >= 0.3 is 0 Å². The van der Waals surface area contributed by atoms with Crippen LogP contribution in [0.3, 0.4) is 0 Å².